The van der Waals surface area contributed by atoms with E-state index in [0.29, 0.717) is 17.4 Å². The third-order valence-electron chi connectivity index (χ3n) is 4.33. The summed E-state index contributed by atoms with van der Waals surface area (Å²) in [7, 11) is 0. The maximum Gasteiger partial charge on any atom is 0.253 e. The van der Waals surface area contributed by atoms with E-state index < -0.39 is 0 Å². The van der Waals surface area contributed by atoms with Crippen molar-refractivity contribution in [2.45, 2.75) is 32.3 Å². The number of ether oxygens (including phenoxy) is 1. The van der Waals surface area contributed by atoms with E-state index in [1.807, 2.05) is 47.4 Å². The van der Waals surface area contributed by atoms with Gasteiger partial charge < -0.3 is 9.64 Å². The topological polar surface area (TPSA) is 29.5 Å². The smallest absolute Gasteiger partial charge is 0.253 e. The van der Waals surface area contributed by atoms with Gasteiger partial charge in [-0.3, -0.25) is 4.79 Å². The van der Waals surface area contributed by atoms with Crippen molar-refractivity contribution in [3.05, 3.63) is 64.7 Å². The van der Waals surface area contributed by atoms with Crippen LogP contribution < -0.4 is 4.74 Å². The summed E-state index contributed by atoms with van der Waals surface area (Å²) in [5, 5.41) is 0.602. The van der Waals surface area contributed by atoms with Gasteiger partial charge in [0.1, 0.15) is 12.4 Å². The number of carbonyl (C=O) groups is 1. The molecule has 1 saturated heterocycles. The van der Waals surface area contributed by atoms with Crippen LogP contribution in [-0.2, 0) is 6.61 Å². The normalized spacial score (nSPS) is 15.0. The van der Waals surface area contributed by atoms with Gasteiger partial charge in [-0.1, -0.05) is 48.7 Å². The molecule has 0 atom stereocenters. The van der Waals surface area contributed by atoms with Crippen molar-refractivity contribution < 1.29 is 9.53 Å². The molecule has 1 heterocycles. The largest absolute Gasteiger partial charge is 0.487 e. The van der Waals surface area contributed by atoms with Crippen molar-refractivity contribution in [1.29, 1.82) is 0 Å². The summed E-state index contributed by atoms with van der Waals surface area (Å²) in [6, 6.07) is 15.1. The van der Waals surface area contributed by atoms with Gasteiger partial charge >= 0.3 is 0 Å². The van der Waals surface area contributed by atoms with Crippen LogP contribution in [0.5, 0.6) is 5.75 Å². The van der Waals surface area contributed by atoms with E-state index >= 15 is 0 Å². The molecule has 0 radical (unpaired) electrons. The molecule has 24 heavy (non-hydrogen) atoms. The second-order valence-corrected chi connectivity index (χ2v) is 6.53. The van der Waals surface area contributed by atoms with Gasteiger partial charge in [0, 0.05) is 18.7 Å². The Labute approximate surface area is 148 Å². The first-order valence-corrected chi connectivity index (χ1v) is 8.87. The fraction of sp³-hybridized carbons (Fsp3) is 0.350. The molecule has 0 bridgehead atoms. The molecule has 0 aliphatic carbocycles. The van der Waals surface area contributed by atoms with Gasteiger partial charge in [0.05, 0.1) is 5.02 Å². The van der Waals surface area contributed by atoms with Crippen LogP contribution >= 0.6 is 11.6 Å². The van der Waals surface area contributed by atoms with E-state index in [-0.39, 0.29) is 5.91 Å². The van der Waals surface area contributed by atoms with Crippen LogP contribution in [0.2, 0.25) is 5.02 Å². The van der Waals surface area contributed by atoms with Crippen LogP contribution in [0.1, 0.15) is 41.6 Å². The molecular formula is C20H22ClNO2. The van der Waals surface area contributed by atoms with Gasteiger partial charge in [-0.15, -0.1) is 0 Å². The maximum atomic E-state index is 12.6. The minimum atomic E-state index is 0.135. The third kappa shape index (κ3) is 4.30. The standard InChI is InChI=1S/C20H22ClNO2/c21-18-7-3-4-8-19(18)24-15-16-9-11-17(12-10-16)20(23)22-13-5-1-2-6-14-22/h3-4,7-12H,1-2,5-6,13-15H2. The Morgan fingerprint density at radius 3 is 2.29 bits per heavy atom. The number of rotatable bonds is 4. The van der Waals surface area contributed by atoms with Crippen molar-refractivity contribution >= 4 is 17.5 Å². The zero-order chi connectivity index (χ0) is 16.8. The van der Waals surface area contributed by atoms with Crippen molar-refractivity contribution in [2.24, 2.45) is 0 Å². The average Bonchev–Trinajstić information content (AvgIpc) is 2.90. The number of benzene rings is 2. The molecule has 2 aromatic rings. The molecule has 1 aliphatic heterocycles. The lowest BCUT2D eigenvalue weighted by Gasteiger charge is -2.20. The predicted octanol–water partition coefficient (Wildman–Crippen LogP) is 4.94. The Morgan fingerprint density at radius 2 is 1.62 bits per heavy atom. The number of nitrogens with zero attached hydrogens (tertiary/aromatic N) is 1. The number of carbonyl (C=O) groups excluding carboxylic acids is 1. The summed E-state index contributed by atoms with van der Waals surface area (Å²) in [4.78, 5) is 14.5. The summed E-state index contributed by atoms with van der Waals surface area (Å²) in [6.07, 6.45) is 4.66. The molecule has 0 saturated carbocycles. The van der Waals surface area contributed by atoms with Gasteiger partial charge in [0.2, 0.25) is 0 Å². The molecule has 3 nitrogen and oxygen atoms in total. The maximum absolute atomic E-state index is 12.6. The summed E-state index contributed by atoms with van der Waals surface area (Å²) in [6.45, 7) is 2.17. The van der Waals surface area contributed by atoms with Crippen molar-refractivity contribution in [3.63, 3.8) is 0 Å². The lowest BCUT2D eigenvalue weighted by Crippen LogP contribution is -2.31. The van der Waals surface area contributed by atoms with Gasteiger partial charge in [-0.05, 0) is 42.7 Å². The number of amides is 1. The van der Waals surface area contributed by atoms with Gasteiger partial charge in [-0.2, -0.15) is 0 Å². The quantitative estimate of drug-likeness (QED) is 0.787. The highest BCUT2D eigenvalue weighted by Gasteiger charge is 2.17. The number of para-hydroxylation sites is 1. The number of likely N-dealkylation sites (tertiary alicyclic amines) is 1. The molecule has 126 valence electrons. The van der Waals surface area contributed by atoms with Crippen molar-refractivity contribution in [2.75, 3.05) is 13.1 Å². The molecule has 2 aromatic carbocycles. The molecule has 1 aliphatic rings. The number of hydrogen-bond acceptors (Lipinski definition) is 2. The first-order chi connectivity index (χ1) is 11.7. The second-order valence-electron chi connectivity index (χ2n) is 6.12. The first-order valence-electron chi connectivity index (χ1n) is 8.49. The molecule has 0 unspecified atom stereocenters. The summed E-state index contributed by atoms with van der Waals surface area (Å²) >= 11 is 6.08. The van der Waals surface area contributed by atoms with E-state index in [2.05, 4.69) is 0 Å². The molecule has 4 heteroatoms. The summed E-state index contributed by atoms with van der Waals surface area (Å²) < 4.78 is 5.73. The molecular weight excluding hydrogens is 322 g/mol. The Morgan fingerprint density at radius 1 is 0.958 bits per heavy atom. The first kappa shape index (κ1) is 16.8. The summed E-state index contributed by atoms with van der Waals surface area (Å²) in [5.41, 5.74) is 1.76. The monoisotopic (exact) mass is 343 g/mol. The van der Waals surface area contributed by atoms with Crippen LogP contribution in [0.15, 0.2) is 48.5 Å². The fourth-order valence-electron chi connectivity index (χ4n) is 2.92. The lowest BCUT2D eigenvalue weighted by atomic mass is 10.1. The molecule has 3 rings (SSSR count). The minimum Gasteiger partial charge on any atom is -0.487 e. The minimum absolute atomic E-state index is 0.135. The summed E-state index contributed by atoms with van der Waals surface area (Å²) in [5.74, 6) is 0.805. The molecule has 0 spiro atoms. The molecule has 1 fully saturated rings. The Kier molecular flexibility index (Phi) is 5.76. The van der Waals surface area contributed by atoms with Crippen molar-refractivity contribution in [3.8, 4) is 5.75 Å². The highest BCUT2D eigenvalue weighted by Crippen LogP contribution is 2.24. The Balaban J connectivity index is 1.60. The zero-order valence-corrected chi connectivity index (χ0v) is 14.5. The SMILES string of the molecule is O=C(c1ccc(COc2ccccc2Cl)cc1)N1CCCCCC1. The lowest BCUT2D eigenvalue weighted by molar-refractivity contribution is 0.0761. The second kappa shape index (κ2) is 8.20. The highest BCUT2D eigenvalue weighted by molar-refractivity contribution is 6.32. The van der Waals surface area contributed by atoms with Gasteiger partial charge in [0.25, 0.3) is 5.91 Å². The van der Waals surface area contributed by atoms with E-state index in [4.69, 9.17) is 16.3 Å². The van der Waals surface area contributed by atoms with Crippen molar-refractivity contribution in [1.82, 2.24) is 4.90 Å². The van der Waals surface area contributed by atoms with Crippen LogP contribution in [0.4, 0.5) is 0 Å². The van der Waals surface area contributed by atoms with Gasteiger partial charge in [-0.25, -0.2) is 0 Å². The van der Waals surface area contributed by atoms with Crippen LogP contribution in [0, 0.1) is 0 Å². The third-order valence-corrected chi connectivity index (χ3v) is 4.64. The van der Waals surface area contributed by atoms with E-state index in [1.165, 1.54) is 12.8 Å². The van der Waals surface area contributed by atoms with E-state index in [9.17, 15) is 4.79 Å². The molecule has 1 amide bonds. The van der Waals surface area contributed by atoms with Gasteiger partial charge in [0.15, 0.2) is 0 Å². The van der Waals surface area contributed by atoms with Crippen LogP contribution in [-0.4, -0.2) is 23.9 Å². The highest BCUT2D eigenvalue weighted by atomic mass is 35.5. The zero-order valence-electron chi connectivity index (χ0n) is 13.7. The molecule has 0 aromatic heterocycles. The predicted molar refractivity (Wildman–Crippen MR) is 96.6 cm³/mol. The number of halogens is 1. The van der Waals surface area contributed by atoms with Crippen LogP contribution in [0.25, 0.3) is 0 Å². The van der Waals surface area contributed by atoms with Crippen LogP contribution in [0.3, 0.4) is 0 Å². The molecule has 0 N–H and O–H groups in total. The number of hydrogen-bond donors (Lipinski definition) is 0. The Hall–Kier alpha value is -2.00. The Bertz CT molecular complexity index is 676. The average molecular weight is 344 g/mol. The fourth-order valence-corrected chi connectivity index (χ4v) is 3.11. The van der Waals surface area contributed by atoms with E-state index in [0.717, 1.165) is 37.1 Å². The van der Waals surface area contributed by atoms with E-state index in [1.54, 1.807) is 6.07 Å².